The van der Waals surface area contributed by atoms with Crippen LogP contribution < -0.4 is 10.4 Å². The summed E-state index contributed by atoms with van der Waals surface area (Å²) >= 11 is 0.0820. The van der Waals surface area contributed by atoms with Crippen LogP contribution in [0, 0.1) is 0 Å². The van der Waals surface area contributed by atoms with E-state index in [1.807, 2.05) is 6.92 Å². The highest BCUT2D eigenvalue weighted by Gasteiger charge is 2.57. The molecule has 0 bridgehead atoms. The summed E-state index contributed by atoms with van der Waals surface area (Å²) in [5.74, 6) is -3.86. The fourth-order valence-electron chi connectivity index (χ4n) is 4.13. The van der Waals surface area contributed by atoms with Gasteiger partial charge in [-0.2, -0.15) is 17.6 Å². The van der Waals surface area contributed by atoms with Gasteiger partial charge in [0.05, 0.1) is 11.3 Å². The number of alkyl halides is 11. The minimum atomic E-state index is -5.95. The first-order valence-corrected chi connectivity index (χ1v) is 15.4. The Morgan fingerprint density at radius 2 is 1.47 bits per heavy atom. The van der Waals surface area contributed by atoms with Crippen LogP contribution in [-0.2, 0) is 30.2 Å². The Morgan fingerprint density at radius 3 is 2.08 bits per heavy atom. The topological polar surface area (TPSA) is 93.4 Å². The van der Waals surface area contributed by atoms with E-state index in [-0.39, 0.29) is 38.8 Å². The molecule has 0 fully saturated rings. The number of carbonyl (C=O) groups excluding carboxylic acids is 1. The summed E-state index contributed by atoms with van der Waals surface area (Å²) in [7, 11) is 0. The summed E-state index contributed by atoms with van der Waals surface area (Å²) in [5.41, 5.74) is -1.92. The molecule has 2 aromatic carbocycles. The third-order valence-electron chi connectivity index (χ3n) is 6.24. The minimum Gasteiger partial charge on any atom is -0.453 e. The molecule has 0 aliphatic carbocycles. The van der Waals surface area contributed by atoms with Gasteiger partial charge in [-0.1, -0.05) is 44.5 Å². The van der Waals surface area contributed by atoms with Crippen molar-refractivity contribution >= 4 is 28.7 Å². The number of benzene rings is 2. The van der Waals surface area contributed by atoms with Gasteiger partial charge in [0.1, 0.15) is 11.3 Å². The van der Waals surface area contributed by atoms with E-state index < -0.39 is 66.4 Å². The first kappa shape index (κ1) is 41.5. The Morgan fingerprint density at radius 1 is 0.824 bits per heavy atom. The predicted octanol–water partition coefficient (Wildman–Crippen LogP) is 9.64. The zero-order valence-electron chi connectivity index (χ0n) is 26.3. The molecule has 1 aromatic heterocycles. The van der Waals surface area contributed by atoms with Crippen LogP contribution in [0.2, 0.25) is 0 Å². The second kappa shape index (κ2) is 16.2. The van der Waals surface area contributed by atoms with Crippen LogP contribution in [-0.4, -0.2) is 49.5 Å². The van der Waals surface area contributed by atoms with Crippen molar-refractivity contribution in [2.75, 3.05) is 12.4 Å². The lowest BCUT2D eigenvalue weighted by molar-refractivity contribution is -0.572. The lowest BCUT2D eigenvalue weighted by atomic mass is 10.00. The van der Waals surface area contributed by atoms with E-state index in [0.29, 0.717) is 18.4 Å². The van der Waals surface area contributed by atoms with Gasteiger partial charge in [-0.05, 0) is 49.6 Å². The molecular weight excluding hydrogens is 741 g/mol. The molecule has 8 nitrogen and oxygen atoms in total. The molecule has 0 aliphatic rings. The van der Waals surface area contributed by atoms with Crippen molar-refractivity contribution < 1.29 is 81.2 Å². The number of halogens is 11. The van der Waals surface area contributed by atoms with Crippen LogP contribution in [0.25, 0.3) is 22.1 Å². The summed E-state index contributed by atoms with van der Waals surface area (Å²) in [5, 5.41) is 0.0929. The van der Waals surface area contributed by atoms with Gasteiger partial charge in [0.25, 0.3) is 0 Å². The molecule has 0 radical (unpaired) electrons. The molecule has 0 saturated heterocycles. The maximum absolute atomic E-state index is 14.2. The highest BCUT2D eigenvalue weighted by atomic mass is 32.2. The second-order valence-electron chi connectivity index (χ2n) is 10.6. The molecule has 3 rings (SSSR count). The third-order valence-corrected chi connectivity index (χ3v) is 7.31. The van der Waals surface area contributed by atoms with Crippen molar-refractivity contribution in [3.05, 3.63) is 70.6 Å². The minimum absolute atomic E-state index is 0.0820. The maximum atomic E-state index is 14.2. The zero-order valence-corrected chi connectivity index (χ0v) is 27.1. The lowest BCUT2D eigenvalue weighted by Gasteiger charge is -2.27. The molecule has 282 valence electrons. The zero-order chi connectivity index (χ0) is 38.4. The van der Waals surface area contributed by atoms with E-state index in [9.17, 15) is 57.9 Å². The van der Waals surface area contributed by atoms with Crippen LogP contribution in [0.4, 0.5) is 48.3 Å². The van der Waals surface area contributed by atoms with Crippen molar-refractivity contribution in [2.45, 2.75) is 75.6 Å². The van der Waals surface area contributed by atoms with Crippen LogP contribution >= 0.6 is 11.8 Å². The first-order chi connectivity index (χ1) is 23.4. The molecule has 3 aromatic rings. The van der Waals surface area contributed by atoms with Gasteiger partial charge in [-0.25, -0.2) is 23.8 Å². The van der Waals surface area contributed by atoms with Gasteiger partial charge in [-0.3, -0.25) is 0 Å². The van der Waals surface area contributed by atoms with E-state index >= 15 is 0 Å². The second-order valence-corrected chi connectivity index (χ2v) is 11.7. The average molecular weight is 769 g/mol. The lowest BCUT2D eigenvalue weighted by Crippen LogP contribution is -2.46. The molecule has 0 spiro atoms. The van der Waals surface area contributed by atoms with Crippen molar-refractivity contribution in [2.24, 2.45) is 0 Å². The van der Waals surface area contributed by atoms with E-state index in [1.165, 1.54) is 18.2 Å². The average Bonchev–Trinajstić information content (AvgIpc) is 2.96. The number of thioether (sulfide) groups is 1. The van der Waals surface area contributed by atoms with E-state index in [1.54, 1.807) is 0 Å². The molecule has 0 unspecified atom stereocenters. The molecule has 0 saturated carbocycles. The monoisotopic (exact) mass is 768 g/mol. The Labute approximate surface area is 285 Å². The SMILES string of the molecule is C=C(C)C(=O)OCC(F)(F)OC(F)(F)OC(F)(F)OC(F)(F)CSc1ccc2cc(-c3ccc(CCCCC)cc3OC(F)(F)F)c(=O)oc2c1. The van der Waals surface area contributed by atoms with Crippen LogP contribution in [0.3, 0.4) is 0 Å². The number of fused-ring (bicyclic) bond motifs is 1. The smallest absolute Gasteiger partial charge is 0.453 e. The van der Waals surface area contributed by atoms with Gasteiger partial charge >= 0.3 is 42.8 Å². The summed E-state index contributed by atoms with van der Waals surface area (Å²) < 4.78 is 172. The fraction of sp³-hybridized carbons (Fsp3) is 0.419. The fourth-order valence-corrected chi connectivity index (χ4v) is 4.88. The molecule has 20 heteroatoms. The number of unbranched alkanes of at least 4 members (excludes halogenated alkanes) is 2. The summed E-state index contributed by atoms with van der Waals surface area (Å²) in [6, 6.07) is 8.37. The van der Waals surface area contributed by atoms with E-state index in [4.69, 9.17) is 4.42 Å². The van der Waals surface area contributed by atoms with Crippen LogP contribution in [0.1, 0.15) is 38.7 Å². The molecular formula is C31H27F11O8S. The summed E-state index contributed by atoms with van der Waals surface area (Å²) in [6.45, 7) is 3.78. The maximum Gasteiger partial charge on any atom is 0.573 e. The Hall–Kier alpha value is -3.88. The number of rotatable bonds is 18. The number of aryl methyl sites for hydroxylation is 1. The number of esters is 1. The van der Waals surface area contributed by atoms with Crippen molar-refractivity contribution in [1.82, 2.24) is 0 Å². The van der Waals surface area contributed by atoms with Crippen LogP contribution in [0.15, 0.2) is 68.7 Å². The van der Waals surface area contributed by atoms with E-state index in [2.05, 4.69) is 30.3 Å². The van der Waals surface area contributed by atoms with Crippen molar-refractivity contribution in [1.29, 1.82) is 0 Å². The predicted molar refractivity (Wildman–Crippen MR) is 157 cm³/mol. The highest BCUT2D eigenvalue weighted by Crippen LogP contribution is 2.40. The molecule has 0 amide bonds. The molecule has 0 N–H and O–H groups in total. The highest BCUT2D eigenvalue weighted by molar-refractivity contribution is 7.99. The van der Waals surface area contributed by atoms with Gasteiger partial charge < -0.3 is 13.9 Å². The van der Waals surface area contributed by atoms with Crippen LogP contribution in [0.5, 0.6) is 5.75 Å². The normalized spacial score (nSPS) is 13.0. The number of hydrogen-bond donors (Lipinski definition) is 0. The van der Waals surface area contributed by atoms with Gasteiger partial charge in [0.2, 0.25) is 0 Å². The van der Waals surface area contributed by atoms with Crippen molar-refractivity contribution in [3.63, 3.8) is 0 Å². The molecule has 0 atom stereocenters. The Balaban J connectivity index is 1.72. The third kappa shape index (κ3) is 13.3. The number of ether oxygens (including phenoxy) is 5. The van der Waals surface area contributed by atoms with Gasteiger partial charge in [0, 0.05) is 21.4 Å². The summed E-state index contributed by atoms with van der Waals surface area (Å²) in [6.07, 6.45) is -24.2. The Bertz CT molecular complexity index is 1760. The first-order valence-electron chi connectivity index (χ1n) is 14.4. The van der Waals surface area contributed by atoms with Crippen molar-refractivity contribution in [3.8, 4) is 16.9 Å². The van der Waals surface area contributed by atoms with Gasteiger partial charge in [0.15, 0.2) is 6.61 Å². The standard InChI is InChI=1S/C31H27F11O8S/c1-4-5-6-7-18-8-11-21(24(12-18)47-29(36,37)38)22-13-19-9-10-20(14-23(19)46-26(22)44)51-16-28(34,35)49-31(41,42)50-30(39,40)48-27(32,33)15-45-25(43)17(2)3/h8-14H,2,4-7,15-16H2,1,3H3. The Kier molecular flexibility index (Phi) is 13.2. The van der Waals surface area contributed by atoms with Gasteiger partial charge in [-0.15, -0.1) is 42.5 Å². The quantitative estimate of drug-likeness (QED) is 0.0239. The number of carbonyl (C=O) groups is 1. The number of hydrogen-bond acceptors (Lipinski definition) is 9. The molecule has 51 heavy (non-hydrogen) atoms. The summed E-state index contributed by atoms with van der Waals surface area (Å²) in [4.78, 5) is 23.8. The largest absolute Gasteiger partial charge is 0.573 e. The molecule has 0 aliphatic heterocycles. The molecule has 1 heterocycles. The van der Waals surface area contributed by atoms with E-state index in [0.717, 1.165) is 44.0 Å².